The van der Waals surface area contributed by atoms with Gasteiger partial charge in [-0.25, -0.2) is 0 Å². The molecule has 3 aliphatic rings. The molecule has 2 N–H and O–H groups in total. The summed E-state index contributed by atoms with van der Waals surface area (Å²) in [5.74, 6) is 0. The van der Waals surface area contributed by atoms with Gasteiger partial charge in [0.1, 0.15) is 0 Å². The highest BCUT2D eigenvalue weighted by Gasteiger charge is 2.26. The Labute approximate surface area is 81.8 Å². The highest BCUT2D eigenvalue weighted by atomic mass is 15.3. The van der Waals surface area contributed by atoms with E-state index in [1.165, 1.54) is 0 Å². The number of nitrogens with one attached hydrogen (secondary N) is 2. The second-order valence-corrected chi connectivity index (χ2v) is 3.37. The third-order valence-corrected chi connectivity index (χ3v) is 2.42. The SMILES string of the molecule is C1=CC=C2NC3CNN=C3C=C2N=C1. The number of hydrazone groups is 1. The van der Waals surface area contributed by atoms with Crippen LogP contribution in [-0.4, -0.2) is 24.5 Å². The van der Waals surface area contributed by atoms with Crippen LogP contribution in [0.2, 0.25) is 0 Å². The lowest BCUT2D eigenvalue weighted by atomic mass is 10.1. The van der Waals surface area contributed by atoms with Crippen molar-refractivity contribution in [3.63, 3.8) is 0 Å². The molecule has 0 saturated heterocycles. The maximum Gasteiger partial charge on any atom is 0.0894 e. The summed E-state index contributed by atoms with van der Waals surface area (Å²) in [5.41, 5.74) is 6.04. The summed E-state index contributed by atoms with van der Waals surface area (Å²) in [6.45, 7) is 0.851. The second-order valence-electron chi connectivity index (χ2n) is 3.37. The third-order valence-electron chi connectivity index (χ3n) is 2.42. The number of hydrogen-bond donors (Lipinski definition) is 2. The van der Waals surface area contributed by atoms with Gasteiger partial charge >= 0.3 is 0 Å². The van der Waals surface area contributed by atoms with Gasteiger partial charge in [-0.05, 0) is 18.2 Å². The minimum absolute atomic E-state index is 0.298. The van der Waals surface area contributed by atoms with Crippen LogP contribution in [0.15, 0.2) is 45.8 Å². The van der Waals surface area contributed by atoms with Crippen LogP contribution in [0.5, 0.6) is 0 Å². The average Bonchev–Trinajstić information content (AvgIpc) is 2.51. The third kappa shape index (κ3) is 1.08. The minimum Gasteiger partial charge on any atom is -0.373 e. The highest BCUT2D eigenvalue weighted by Crippen LogP contribution is 2.19. The number of aliphatic imine (C=N–C) groups is 1. The Hall–Kier alpha value is -1.84. The average molecular weight is 186 g/mol. The van der Waals surface area contributed by atoms with Crippen LogP contribution >= 0.6 is 0 Å². The quantitative estimate of drug-likeness (QED) is 0.572. The van der Waals surface area contributed by atoms with Gasteiger partial charge in [0, 0.05) is 6.21 Å². The van der Waals surface area contributed by atoms with E-state index in [4.69, 9.17) is 0 Å². The standard InChI is InChI=1S/C10H10N4/c1-2-4-11-8-5-9-10(6-12-14-9)13-7(8)3-1/h1-5,10,12-13H,6H2. The van der Waals surface area contributed by atoms with E-state index in [0.717, 1.165) is 23.7 Å². The fourth-order valence-corrected chi connectivity index (χ4v) is 1.71. The first-order valence-electron chi connectivity index (χ1n) is 4.63. The number of nitrogens with zero attached hydrogens (tertiary/aromatic N) is 2. The van der Waals surface area contributed by atoms with Gasteiger partial charge in [0.2, 0.25) is 0 Å². The molecule has 3 heterocycles. The Bertz CT molecular complexity index is 412. The topological polar surface area (TPSA) is 48.8 Å². The fourth-order valence-electron chi connectivity index (χ4n) is 1.71. The van der Waals surface area contributed by atoms with Gasteiger partial charge in [-0.3, -0.25) is 4.99 Å². The predicted octanol–water partition coefficient (Wildman–Crippen LogP) is 0.326. The van der Waals surface area contributed by atoms with Crippen LogP contribution in [0, 0.1) is 0 Å². The fraction of sp³-hybridized carbons (Fsp3) is 0.200. The van der Waals surface area contributed by atoms with Gasteiger partial charge in [-0.2, -0.15) is 5.10 Å². The molecule has 0 spiro atoms. The number of rotatable bonds is 0. The van der Waals surface area contributed by atoms with Crippen molar-refractivity contribution in [1.29, 1.82) is 0 Å². The maximum atomic E-state index is 4.32. The highest BCUT2D eigenvalue weighted by molar-refractivity contribution is 6.03. The first-order valence-corrected chi connectivity index (χ1v) is 4.63. The lowest BCUT2D eigenvalue weighted by molar-refractivity contribution is 0.669. The van der Waals surface area contributed by atoms with Gasteiger partial charge in [0.15, 0.2) is 0 Å². The van der Waals surface area contributed by atoms with Crippen LogP contribution < -0.4 is 10.7 Å². The van der Waals surface area contributed by atoms with Crippen molar-refractivity contribution in [3.8, 4) is 0 Å². The van der Waals surface area contributed by atoms with Gasteiger partial charge < -0.3 is 10.7 Å². The van der Waals surface area contributed by atoms with Crippen molar-refractivity contribution < 1.29 is 0 Å². The lowest BCUT2D eigenvalue weighted by Crippen LogP contribution is -2.40. The summed E-state index contributed by atoms with van der Waals surface area (Å²) >= 11 is 0. The van der Waals surface area contributed by atoms with E-state index in [1.54, 1.807) is 6.21 Å². The van der Waals surface area contributed by atoms with Gasteiger partial charge in [-0.1, -0.05) is 6.08 Å². The zero-order chi connectivity index (χ0) is 9.38. The molecule has 0 radical (unpaired) electrons. The number of fused-ring (bicyclic) bond motifs is 2. The van der Waals surface area contributed by atoms with Gasteiger partial charge in [0.05, 0.1) is 29.7 Å². The lowest BCUT2D eigenvalue weighted by Gasteiger charge is -2.21. The summed E-state index contributed by atoms with van der Waals surface area (Å²) in [6.07, 6.45) is 9.76. The largest absolute Gasteiger partial charge is 0.373 e. The summed E-state index contributed by atoms with van der Waals surface area (Å²) in [5, 5.41) is 7.58. The summed E-state index contributed by atoms with van der Waals surface area (Å²) in [6, 6.07) is 0.298. The monoisotopic (exact) mass is 186 g/mol. The number of allylic oxidation sites excluding steroid dienone is 3. The van der Waals surface area contributed by atoms with Crippen LogP contribution in [0.3, 0.4) is 0 Å². The van der Waals surface area contributed by atoms with Crippen LogP contribution in [0.1, 0.15) is 0 Å². The first-order chi connectivity index (χ1) is 6.93. The second kappa shape index (κ2) is 2.83. The molecule has 4 heteroatoms. The van der Waals surface area contributed by atoms with Crippen molar-refractivity contribution in [1.82, 2.24) is 10.7 Å². The van der Waals surface area contributed by atoms with Crippen LogP contribution in [0.25, 0.3) is 0 Å². The Morgan fingerprint density at radius 3 is 3.36 bits per heavy atom. The molecule has 0 aromatic rings. The molecule has 70 valence electrons. The summed E-state index contributed by atoms with van der Waals surface area (Å²) in [4.78, 5) is 4.32. The minimum atomic E-state index is 0.298. The molecule has 3 rings (SSSR count). The molecule has 0 bridgehead atoms. The summed E-state index contributed by atoms with van der Waals surface area (Å²) < 4.78 is 0. The molecule has 1 unspecified atom stereocenters. The Morgan fingerprint density at radius 1 is 1.36 bits per heavy atom. The Kier molecular flexibility index (Phi) is 1.53. The molecule has 14 heavy (non-hydrogen) atoms. The summed E-state index contributed by atoms with van der Waals surface area (Å²) in [7, 11) is 0. The van der Waals surface area contributed by atoms with E-state index in [-0.39, 0.29) is 0 Å². The van der Waals surface area contributed by atoms with Crippen molar-refractivity contribution >= 4 is 11.9 Å². The van der Waals surface area contributed by atoms with E-state index in [1.807, 2.05) is 24.3 Å². The van der Waals surface area contributed by atoms with Crippen LogP contribution in [0.4, 0.5) is 0 Å². The van der Waals surface area contributed by atoms with E-state index >= 15 is 0 Å². The van der Waals surface area contributed by atoms with Crippen molar-refractivity contribution in [3.05, 3.63) is 35.7 Å². The normalized spacial score (nSPS) is 27.4. The van der Waals surface area contributed by atoms with Crippen molar-refractivity contribution in [2.24, 2.45) is 10.1 Å². The van der Waals surface area contributed by atoms with Crippen molar-refractivity contribution in [2.75, 3.05) is 6.54 Å². The molecule has 0 saturated carbocycles. The van der Waals surface area contributed by atoms with E-state index in [0.29, 0.717) is 6.04 Å². The zero-order valence-corrected chi connectivity index (χ0v) is 7.57. The van der Waals surface area contributed by atoms with E-state index in [2.05, 4.69) is 20.8 Å². The molecule has 0 aliphatic carbocycles. The first kappa shape index (κ1) is 7.55. The molecule has 0 aromatic heterocycles. The van der Waals surface area contributed by atoms with Crippen LogP contribution in [-0.2, 0) is 0 Å². The van der Waals surface area contributed by atoms with Gasteiger partial charge in [0.25, 0.3) is 0 Å². The smallest absolute Gasteiger partial charge is 0.0894 e. The molecular weight excluding hydrogens is 176 g/mol. The maximum absolute atomic E-state index is 4.32. The Balaban J connectivity index is 2.06. The zero-order valence-electron chi connectivity index (χ0n) is 7.57. The molecule has 0 fully saturated rings. The number of hydrogen-bond acceptors (Lipinski definition) is 4. The van der Waals surface area contributed by atoms with Gasteiger partial charge in [-0.15, -0.1) is 0 Å². The molecular formula is C10H10N4. The molecule has 0 amide bonds. The molecule has 3 aliphatic heterocycles. The molecule has 0 aromatic carbocycles. The Morgan fingerprint density at radius 2 is 2.36 bits per heavy atom. The molecule has 1 atom stereocenters. The predicted molar refractivity (Wildman–Crippen MR) is 56.2 cm³/mol. The van der Waals surface area contributed by atoms with E-state index in [9.17, 15) is 0 Å². The van der Waals surface area contributed by atoms with Crippen molar-refractivity contribution in [2.45, 2.75) is 6.04 Å². The van der Waals surface area contributed by atoms with E-state index < -0.39 is 0 Å². The molecule has 4 nitrogen and oxygen atoms in total.